The first kappa shape index (κ1) is 26.3. The van der Waals surface area contributed by atoms with Gasteiger partial charge in [-0.1, -0.05) is 51.8 Å². The number of likely N-dealkylation sites (tertiary alicyclic amines) is 1. The molecule has 6 rings (SSSR count). The smallest absolute Gasteiger partial charge is 0.254 e. The predicted molar refractivity (Wildman–Crippen MR) is 147 cm³/mol. The number of methoxy groups -OCH3 is 1. The highest BCUT2D eigenvalue weighted by Gasteiger charge is 2.76. The molecule has 1 saturated carbocycles. The molecule has 39 heavy (non-hydrogen) atoms. The van der Waals surface area contributed by atoms with Gasteiger partial charge in [0.1, 0.15) is 0 Å². The lowest BCUT2D eigenvalue weighted by molar-refractivity contribution is -0.138. The second-order valence-electron chi connectivity index (χ2n) is 10.3. The summed E-state index contributed by atoms with van der Waals surface area (Å²) in [5.41, 5.74) is 1.54. The number of carbonyl (C=O) groups is 4. The van der Waals surface area contributed by atoms with Crippen molar-refractivity contribution < 1.29 is 29.0 Å². The molecule has 0 aromatic heterocycles. The third kappa shape index (κ3) is 3.36. The van der Waals surface area contributed by atoms with E-state index in [1.165, 1.54) is 18.1 Å². The fourth-order valence-electron chi connectivity index (χ4n) is 6.83. The minimum Gasteiger partial charge on any atom is -0.504 e. The predicted octanol–water partition coefficient (Wildman–Crippen LogP) is 4.32. The summed E-state index contributed by atoms with van der Waals surface area (Å²) in [6.45, 7) is 0. The average molecular weight is 634 g/mol. The van der Waals surface area contributed by atoms with Crippen LogP contribution in [-0.2, 0) is 19.2 Å². The number of ether oxygens (including phenoxy) is 1. The van der Waals surface area contributed by atoms with Gasteiger partial charge in [0.15, 0.2) is 21.2 Å². The SMILES string of the molecule is COc1cc([C@H]2C3=CC[C@@H]4C(=O)N(c5ccccc5)C(=O)[C@@H]4[C@@H]3C[C@@]3(Cl)C(=O)N(CBr)C(=O)[C@@]23Cl)ccc1O. The molecule has 2 heterocycles. The summed E-state index contributed by atoms with van der Waals surface area (Å²) < 4.78 is 5.31. The average Bonchev–Trinajstić information content (AvgIpc) is 3.27. The molecular formula is C28H23BrCl2N2O6. The fourth-order valence-corrected chi connectivity index (χ4v) is 8.26. The highest BCUT2D eigenvalue weighted by Crippen LogP contribution is 2.65. The number of allylic oxidation sites excluding steroid dienone is 2. The number of aromatic hydroxyl groups is 1. The molecule has 0 spiro atoms. The fraction of sp³-hybridized carbons (Fsp3) is 0.357. The van der Waals surface area contributed by atoms with E-state index < -0.39 is 45.2 Å². The summed E-state index contributed by atoms with van der Waals surface area (Å²) in [7, 11) is 1.40. The van der Waals surface area contributed by atoms with E-state index in [1.807, 2.05) is 6.08 Å². The summed E-state index contributed by atoms with van der Waals surface area (Å²) >= 11 is 17.6. The van der Waals surface area contributed by atoms with E-state index in [9.17, 15) is 24.3 Å². The van der Waals surface area contributed by atoms with E-state index in [1.54, 1.807) is 42.5 Å². The highest BCUT2D eigenvalue weighted by molar-refractivity contribution is 9.09. The lowest BCUT2D eigenvalue weighted by atomic mass is 9.56. The zero-order valence-electron chi connectivity index (χ0n) is 20.6. The number of carbonyl (C=O) groups excluding carboxylic acids is 4. The molecule has 0 bridgehead atoms. The van der Waals surface area contributed by atoms with E-state index in [-0.39, 0.29) is 41.6 Å². The molecule has 202 valence electrons. The van der Waals surface area contributed by atoms with Crippen molar-refractivity contribution in [2.75, 3.05) is 17.5 Å². The molecule has 4 amide bonds. The van der Waals surface area contributed by atoms with Gasteiger partial charge in [-0.2, -0.15) is 0 Å². The maximum atomic E-state index is 13.9. The Labute approximate surface area is 242 Å². The lowest BCUT2D eigenvalue weighted by Crippen LogP contribution is -2.60. The number of halogens is 3. The van der Waals surface area contributed by atoms with Crippen molar-refractivity contribution in [3.63, 3.8) is 0 Å². The molecule has 2 saturated heterocycles. The van der Waals surface area contributed by atoms with Gasteiger partial charge >= 0.3 is 0 Å². The number of anilines is 1. The van der Waals surface area contributed by atoms with Gasteiger partial charge in [0.25, 0.3) is 11.8 Å². The normalized spacial score (nSPS) is 33.6. The molecule has 8 nitrogen and oxygen atoms in total. The summed E-state index contributed by atoms with van der Waals surface area (Å²) in [6.07, 6.45) is 2.04. The number of para-hydroxylation sites is 1. The second kappa shape index (κ2) is 9.08. The van der Waals surface area contributed by atoms with Crippen molar-refractivity contribution in [1.29, 1.82) is 0 Å². The molecular weight excluding hydrogens is 611 g/mol. The van der Waals surface area contributed by atoms with E-state index in [0.717, 1.165) is 4.90 Å². The number of phenols is 1. The first-order valence-electron chi connectivity index (χ1n) is 12.4. The molecule has 2 aromatic rings. The second-order valence-corrected chi connectivity index (χ2v) is 12.0. The van der Waals surface area contributed by atoms with Crippen LogP contribution >= 0.6 is 39.1 Å². The number of imide groups is 2. The third-order valence-electron chi connectivity index (χ3n) is 8.57. The molecule has 3 fully saturated rings. The van der Waals surface area contributed by atoms with Gasteiger partial charge in [-0.3, -0.25) is 29.0 Å². The Hall–Kier alpha value is -2.88. The molecule has 2 aromatic carbocycles. The van der Waals surface area contributed by atoms with Gasteiger partial charge in [-0.25, -0.2) is 0 Å². The van der Waals surface area contributed by atoms with Crippen LogP contribution in [-0.4, -0.2) is 55.9 Å². The van der Waals surface area contributed by atoms with Crippen molar-refractivity contribution in [3.8, 4) is 11.5 Å². The van der Waals surface area contributed by atoms with Crippen LogP contribution in [0.2, 0.25) is 0 Å². The number of nitrogens with zero attached hydrogens (tertiary/aromatic N) is 2. The quantitative estimate of drug-likeness (QED) is 0.233. The molecule has 4 aliphatic rings. The van der Waals surface area contributed by atoms with Gasteiger partial charge in [0.05, 0.1) is 30.1 Å². The maximum Gasteiger partial charge on any atom is 0.254 e. The summed E-state index contributed by atoms with van der Waals surface area (Å²) in [4.78, 5) is 53.3. The zero-order valence-corrected chi connectivity index (χ0v) is 23.7. The van der Waals surface area contributed by atoms with Crippen LogP contribution < -0.4 is 9.64 Å². The van der Waals surface area contributed by atoms with Crippen LogP contribution in [0.3, 0.4) is 0 Å². The Bertz CT molecular complexity index is 1470. The van der Waals surface area contributed by atoms with Gasteiger partial charge in [-0.15, -0.1) is 23.2 Å². The Morgan fingerprint density at radius 3 is 2.41 bits per heavy atom. The van der Waals surface area contributed by atoms with Gasteiger partial charge in [-0.05, 0) is 48.6 Å². The molecule has 2 aliphatic heterocycles. The topological polar surface area (TPSA) is 104 Å². The Balaban J connectivity index is 1.54. The van der Waals surface area contributed by atoms with Crippen LogP contribution in [0.15, 0.2) is 60.2 Å². The maximum absolute atomic E-state index is 13.9. The molecule has 2 aliphatic carbocycles. The van der Waals surface area contributed by atoms with Crippen molar-refractivity contribution in [2.24, 2.45) is 17.8 Å². The molecule has 0 unspecified atom stereocenters. The van der Waals surface area contributed by atoms with E-state index in [0.29, 0.717) is 16.8 Å². The van der Waals surface area contributed by atoms with Crippen molar-refractivity contribution >= 4 is 68.4 Å². The number of alkyl halides is 3. The van der Waals surface area contributed by atoms with Crippen LogP contribution in [0.25, 0.3) is 0 Å². The standard InChI is InChI=1S/C28H23BrCl2N2O6/c1-39-20-11-14(7-10-19(20)34)22-16-8-9-17-21(24(36)33(23(17)35)15-5-3-2-4-6-15)18(16)12-27(30)25(37)32(13-29)26(38)28(22,27)31/h2-8,10-11,17-18,21-22,34H,9,12-13H2,1H3/t17-,18+,21-,22-,27+,28-/m0/s1. The lowest BCUT2D eigenvalue weighted by Gasteiger charge is -2.50. The van der Waals surface area contributed by atoms with E-state index in [2.05, 4.69) is 15.9 Å². The minimum absolute atomic E-state index is 0.0908. The monoisotopic (exact) mass is 632 g/mol. The van der Waals surface area contributed by atoms with Gasteiger partial charge < -0.3 is 9.84 Å². The minimum atomic E-state index is -1.92. The number of hydrogen-bond acceptors (Lipinski definition) is 6. The van der Waals surface area contributed by atoms with Crippen LogP contribution in [0.4, 0.5) is 5.69 Å². The van der Waals surface area contributed by atoms with E-state index >= 15 is 0 Å². The first-order valence-corrected chi connectivity index (χ1v) is 14.3. The number of fused-ring (bicyclic) bond motifs is 4. The summed E-state index contributed by atoms with van der Waals surface area (Å²) in [5.74, 6) is -4.93. The Morgan fingerprint density at radius 1 is 1.03 bits per heavy atom. The number of rotatable bonds is 4. The Morgan fingerprint density at radius 2 is 1.74 bits per heavy atom. The number of phenolic OH excluding ortho intramolecular Hbond substituents is 1. The van der Waals surface area contributed by atoms with E-state index in [4.69, 9.17) is 27.9 Å². The largest absolute Gasteiger partial charge is 0.504 e. The molecule has 0 radical (unpaired) electrons. The zero-order chi connectivity index (χ0) is 27.9. The van der Waals surface area contributed by atoms with Crippen molar-refractivity contribution in [3.05, 3.63) is 65.7 Å². The van der Waals surface area contributed by atoms with Gasteiger partial charge in [0, 0.05) is 5.92 Å². The molecule has 11 heteroatoms. The first-order chi connectivity index (χ1) is 18.6. The highest BCUT2D eigenvalue weighted by atomic mass is 79.9. The number of benzene rings is 2. The van der Waals surface area contributed by atoms with Crippen molar-refractivity contribution in [2.45, 2.75) is 28.5 Å². The van der Waals surface area contributed by atoms with Crippen molar-refractivity contribution in [1.82, 2.24) is 4.90 Å². The van der Waals surface area contributed by atoms with Gasteiger partial charge in [0.2, 0.25) is 11.8 Å². The van der Waals surface area contributed by atoms with Crippen LogP contribution in [0.5, 0.6) is 11.5 Å². The molecule has 6 atom stereocenters. The number of hydrogen-bond donors (Lipinski definition) is 1. The summed E-state index contributed by atoms with van der Waals surface area (Å²) in [5, 5.41) is 10.2. The Kier molecular flexibility index (Phi) is 6.13. The summed E-state index contributed by atoms with van der Waals surface area (Å²) in [6, 6.07) is 13.3. The van der Waals surface area contributed by atoms with Crippen LogP contribution in [0, 0.1) is 17.8 Å². The number of amides is 4. The third-order valence-corrected chi connectivity index (χ3v) is 10.5. The molecule has 1 N–H and O–H groups in total. The van der Waals surface area contributed by atoms with Crippen LogP contribution in [0.1, 0.15) is 24.3 Å².